The van der Waals surface area contributed by atoms with Gasteiger partial charge in [0.25, 0.3) is 0 Å². The summed E-state index contributed by atoms with van der Waals surface area (Å²) in [5, 5.41) is 0. The second-order valence-electron chi connectivity index (χ2n) is 6.16. The van der Waals surface area contributed by atoms with Crippen molar-refractivity contribution in [3.8, 4) is 0 Å². The zero-order chi connectivity index (χ0) is 17.4. The molecule has 0 unspecified atom stereocenters. The highest BCUT2D eigenvalue weighted by Crippen LogP contribution is 2.16. The van der Waals surface area contributed by atoms with Crippen LogP contribution in [0.2, 0.25) is 0 Å². The number of ether oxygens (including phenoxy) is 1. The number of rotatable bonds is 9. The molecule has 0 aliphatic carbocycles. The summed E-state index contributed by atoms with van der Waals surface area (Å²) in [6.45, 7) is 6.26. The van der Waals surface area contributed by atoms with Gasteiger partial charge in [-0.1, -0.05) is 13.8 Å². The smallest absolute Gasteiger partial charge is 0.242 e. The van der Waals surface area contributed by atoms with Crippen LogP contribution in [0.1, 0.15) is 45.3 Å². The lowest BCUT2D eigenvalue weighted by Crippen LogP contribution is -2.45. The number of carbonyl (C=O) groups excluding carboxylic acids is 2. The molecule has 134 valence electrons. The quantitative estimate of drug-likeness (QED) is 0.695. The normalized spacial score (nSPS) is 17.0. The summed E-state index contributed by atoms with van der Waals surface area (Å²) >= 11 is 0. The lowest BCUT2D eigenvalue weighted by atomic mass is 10.2. The molecule has 0 saturated carbocycles. The van der Waals surface area contributed by atoms with Crippen LogP contribution in [0.15, 0.2) is 22.8 Å². The highest BCUT2D eigenvalue weighted by atomic mass is 16.5. The Kier molecular flexibility index (Phi) is 7.31. The fourth-order valence-electron chi connectivity index (χ4n) is 2.93. The van der Waals surface area contributed by atoms with Crippen LogP contribution < -0.4 is 0 Å². The first-order valence-corrected chi connectivity index (χ1v) is 8.83. The summed E-state index contributed by atoms with van der Waals surface area (Å²) < 4.78 is 11.1. The topological polar surface area (TPSA) is 63.0 Å². The van der Waals surface area contributed by atoms with Gasteiger partial charge < -0.3 is 19.0 Å². The Balaban J connectivity index is 2.02. The Hall–Kier alpha value is -1.82. The maximum Gasteiger partial charge on any atom is 0.242 e. The largest absolute Gasteiger partial charge is 0.467 e. The minimum atomic E-state index is -0.0582. The first-order valence-electron chi connectivity index (χ1n) is 8.83. The summed E-state index contributed by atoms with van der Waals surface area (Å²) in [5.74, 6) is 0.697. The molecule has 1 saturated heterocycles. The van der Waals surface area contributed by atoms with E-state index in [2.05, 4.69) is 0 Å². The Bertz CT molecular complexity index is 509. The van der Waals surface area contributed by atoms with E-state index in [0.29, 0.717) is 26.1 Å². The van der Waals surface area contributed by atoms with E-state index in [-0.39, 0.29) is 24.5 Å². The summed E-state index contributed by atoms with van der Waals surface area (Å²) in [6, 6.07) is 3.67. The molecule has 0 radical (unpaired) electrons. The van der Waals surface area contributed by atoms with Crippen LogP contribution >= 0.6 is 0 Å². The summed E-state index contributed by atoms with van der Waals surface area (Å²) in [4.78, 5) is 28.2. The van der Waals surface area contributed by atoms with Gasteiger partial charge >= 0.3 is 0 Å². The summed E-state index contributed by atoms with van der Waals surface area (Å²) in [5.41, 5.74) is 0. The van der Waals surface area contributed by atoms with Gasteiger partial charge in [0.2, 0.25) is 11.8 Å². The van der Waals surface area contributed by atoms with Crippen molar-refractivity contribution in [2.45, 2.75) is 52.2 Å². The van der Waals surface area contributed by atoms with Gasteiger partial charge in [0.15, 0.2) is 0 Å². The van der Waals surface area contributed by atoms with Crippen LogP contribution in [0.3, 0.4) is 0 Å². The number of hydrogen-bond acceptors (Lipinski definition) is 4. The first kappa shape index (κ1) is 18.5. The standard InChI is InChI=1S/C18H28N2O4/c1-3-9-19(17(21)4-2)14-18(22)20(12-15-7-5-10-23-15)13-16-8-6-11-24-16/h5,7,10,16H,3-4,6,8-9,11-14H2,1-2H3/t16-/m0/s1. The van der Waals surface area contributed by atoms with Gasteiger partial charge in [-0.25, -0.2) is 0 Å². The maximum absolute atomic E-state index is 12.8. The van der Waals surface area contributed by atoms with Gasteiger partial charge in [-0.05, 0) is 31.4 Å². The van der Waals surface area contributed by atoms with Gasteiger partial charge in [-0.3, -0.25) is 9.59 Å². The third kappa shape index (κ3) is 5.37. The van der Waals surface area contributed by atoms with E-state index in [4.69, 9.17) is 9.15 Å². The molecule has 0 bridgehead atoms. The van der Waals surface area contributed by atoms with E-state index < -0.39 is 0 Å². The Morgan fingerprint density at radius 1 is 1.25 bits per heavy atom. The third-order valence-electron chi connectivity index (χ3n) is 4.20. The Morgan fingerprint density at radius 2 is 2.08 bits per heavy atom. The zero-order valence-electron chi connectivity index (χ0n) is 14.7. The molecule has 0 N–H and O–H groups in total. The van der Waals surface area contributed by atoms with Gasteiger partial charge in [0.1, 0.15) is 5.76 Å². The van der Waals surface area contributed by atoms with Gasteiger partial charge in [-0.15, -0.1) is 0 Å². The molecule has 1 fully saturated rings. The zero-order valence-corrected chi connectivity index (χ0v) is 14.7. The number of carbonyl (C=O) groups is 2. The maximum atomic E-state index is 12.8. The van der Waals surface area contributed by atoms with Crippen molar-refractivity contribution in [3.63, 3.8) is 0 Å². The SMILES string of the molecule is CCCN(CC(=O)N(Cc1ccco1)C[C@@H]1CCCO1)C(=O)CC. The average molecular weight is 336 g/mol. The van der Waals surface area contributed by atoms with E-state index in [1.807, 2.05) is 26.0 Å². The third-order valence-corrected chi connectivity index (χ3v) is 4.20. The minimum Gasteiger partial charge on any atom is -0.467 e. The Morgan fingerprint density at radius 3 is 2.67 bits per heavy atom. The van der Waals surface area contributed by atoms with Crippen molar-refractivity contribution in [1.29, 1.82) is 0 Å². The molecule has 1 aliphatic rings. The molecule has 24 heavy (non-hydrogen) atoms. The van der Waals surface area contributed by atoms with Crippen LogP contribution in [0.5, 0.6) is 0 Å². The first-order chi connectivity index (χ1) is 11.6. The van der Waals surface area contributed by atoms with Crippen molar-refractivity contribution in [3.05, 3.63) is 24.2 Å². The second kappa shape index (κ2) is 9.47. The summed E-state index contributed by atoms with van der Waals surface area (Å²) in [7, 11) is 0. The second-order valence-corrected chi connectivity index (χ2v) is 6.16. The van der Waals surface area contributed by atoms with Crippen LogP contribution in [0.4, 0.5) is 0 Å². The molecule has 1 aromatic rings. The van der Waals surface area contributed by atoms with Crippen LogP contribution in [-0.2, 0) is 20.9 Å². The molecule has 6 nitrogen and oxygen atoms in total. The predicted molar refractivity (Wildman–Crippen MR) is 90.3 cm³/mol. The van der Waals surface area contributed by atoms with Crippen molar-refractivity contribution in [2.24, 2.45) is 0 Å². The van der Waals surface area contributed by atoms with Gasteiger partial charge in [-0.2, -0.15) is 0 Å². The molecule has 2 heterocycles. The fraction of sp³-hybridized carbons (Fsp3) is 0.667. The molecule has 2 rings (SSSR count). The molecule has 0 spiro atoms. The highest BCUT2D eigenvalue weighted by molar-refractivity contribution is 5.84. The molecule has 6 heteroatoms. The van der Waals surface area contributed by atoms with Crippen LogP contribution in [-0.4, -0.2) is 54.0 Å². The predicted octanol–water partition coefficient (Wildman–Crippen LogP) is 2.44. The van der Waals surface area contributed by atoms with Crippen molar-refractivity contribution < 1.29 is 18.7 Å². The lowest BCUT2D eigenvalue weighted by molar-refractivity contribution is -0.141. The van der Waals surface area contributed by atoms with Crippen LogP contribution in [0, 0.1) is 0 Å². The number of furan rings is 1. The van der Waals surface area contributed by atoms with E-state index >= 15 is 0 Å². The monoisotopic (exact) mass is 336 g/mol. The molecule has 0 aromatic carbocycles. The lowest BCUT2D eigenvalue weighted by Gasteiger charge is -2.28. The molecule has 1 aromatic heterocycles. The number of amides is 2. The van der Waals surface area contributed by atoms with E-state index in [0.717, 1.165) is 31.6 Å². The van der Waals surface area contributed by atoms with Gasteiger partial charge in [0.05, 0.1) is 25.5 Å². The van der Waals surface area contributed by atoms with E-state index in [1.165, 1.54) is 0 Å². The van der Waals surface area contributed by atoms with Crippen molar-refractivity contribution in [1.82, 2.24) is 9.80 Å². The highest BCUT2D eigenvalue weighted by Gasteiger charge is 2.25. The molecular weight excluding hydrogens is 308 g/mol. The number of hydrogen-bond donors (Lipinski definition) is 0. The Labute approximate surface area is 143 Å². The summed E-state index contributed by atoms with van der Waals surface area (Å²) in [6.07, 6.45) is 4.93. The van der Waals surface area contributed by atoms with E-state index in [1.54, 1.807) is 16.1 Å². The fourth-order valence-corrected chi connectivity index (χ4v) is 2.93. The molecule has 1 atom stereocenters. The number of nitrogens with zero attached hydrogens (tertiary/aromatic N) is 2. The molecule has 2 amide bonds. The molecule has 1 aliphatic heterocycles. The van der Waals surface area contributed by atoms with Gasteiger partial charge in [0, 0.05) is 26.1 Å². The molecular formula is C18H28N2O4. The van der Waals surface area contributed by atoms with E-state index in [9.17, 15) is 9.59 Å². The van der Waals surface area contributed by atoms with Crippen LogP contribution in [0.25, 0.3) is 0 Å². The average Bonchev–Trinajstić information content (AvgIpc) is 3.26. The minimum absolute atomic E-state index is 0.0141. The van der Waals surface area contributed by atoms with Crippen molar-refractivity contribution >= 4 is 11.8 Å². The van der Waals surface area contributed by atoms with Crippen molar-refractivity contribution in [2.75, 3.05) is 26.2 Å².